The third kappa shape index (κ3) is 4.38. The molecule has 28 heavy (non-hydrogen) atoms. The van der Waals surface area contributed by atoms with E-state index in [1.54, 1.807) is 31.2 Å². The van der Waals surface area contributed by atoms with Gasteiger partial charge in [-0.2, -0.15) is 0 Å². The smallest absolute Gasteiger partial charge is 0.251 e. The van der Waals surface area contributed by atoms with Crippen LogP contribution in [0.25, 0.3) is 0 Å². The predicted octanol–water partition coefficient (Wildman–Crippen LogP) is 3.84. The number of carbonyl (C=O) groups is 1. The quantitative estimate of drug-likeness (QED) is 0.801. The lowest BCUT2D eigenvalue weighted by Gasteiger charge is -2.20. The van der Waals surface area contributed by atoms with E-state index in [1.165, 1.54) is 35.3 Å². The normalized spacial score (nSPS) is 14.8. The average Bonchev–Trinajstić information content (AvgIpc) is 2.72. The number of nitrogens with zero attached hydrogens (tertiary/aromatic N) is 1. The number of hydrogen-bond acceptors (Lipinski definition) is 3. The van der Waals surface area contributed by atoms with Gasteiger partial charge >= 0.3 is 0 Å². The number of anilines is 1. The minimum absolute atomic E-state index is 0.0318. The van der Waals surface area contributed by atoms with Crippen LogP contribution in [0, 0.1) is 0 Å². The van der Waals surface area contributed by atoms with Crippen LogP contribution in [0.1, 0.15) is 59.8 Å². The first-order chi connectivity index (χ1) is 13.3. The molecule has 1 atom stereocenters. The molecule has 0 unspecified atom stereocenters. The van der Waals surface area contributed by atoms with Crippen molar-refractivity contribution in [3.05, 3.63) is 64.7 Å². The van der Waals surface area contributed by atoms with Crippen molar-refractivity contribution in [1.82, 2.24) is 5.32 Å². The summed E-state index contributed by atoms with van der Waals surface area (Å²) in [6.07, 6.45) is 4.74. The molecular formula is C22H28N2O3S. The number of sulfonamides is 1. The van der Waals surface area contributed by atoms with E-state index in [-0.39, 0.29) is 17.7 Å². The Hall–Kier alpha value is -2.34. The molecule has 0 heterocycles. The van der Waals surface area contributed by atoms with Crippen molar-refractivity contribution >= 4 is 21.6 Å². The van der Waals surface area contributed by atoms with Crippen LogP contribution in [-0.4, -0.2) is 27.1 Å². The SMILES string of the molecule is CCS(=O)(=O)N(C)c1ccc(C(=O)N[C@H](C)c2ccc3c(c2)CCCC3)cc1. The van der Waals surface area contributed by atoms with Gasteiger partial charge in [0.05, 0.1) is 17.5 Å². The van der Waals surface area contributed by atoms with Crippen LogP contribution in [0.3, 0.4) is 0 Å². The number of hydrogen-bond donors (Lipinski definition) is 1. The molecule has 1 amide bonds. The number of aryl methyl sites for hydroxylation is 2. The van der Waals surface area contributed by atoms with Crippen molar-refractivity contribution in [3.8, 4) is 0 Å². The molecule has 150 valence electrons. The maximum Gasteiger partial charge on any atom is 0.251 e. The third-order valence-corrected chi connectivity index (χ3v) is 7.27. The Balaban J connectivity index is 1.69. The molecule has 1 aliphatic rings. The van der Waals surface area contributed by atoms with Gasteiger partial charge in [-0.1, -0.05) is 18.2 Å². The van der Waals surface area contributed by atoms with E-state index in [9.17, 15) is 13.2 Å². The lowest BCUT2D eigenvalue weighted by Crippen LogP contribution is -2.28. The van der Waals surface area contributed by atoms with Crippen LogP contribution in [0.2, 0.25) is 0 Å². The standard InChI is InChI=1S/C22H28N2O3S/c1-4-28(26,27)24(3)21-13-11-18(12-14-21)22(25)23-16(2)19-10-9-17-7-5-6-8-20(17)15-19/h9-16H,4-8H2,1-3H3,(H,23,25)/t16-/m1/s1. The summed E-state index contributed by atoms with van der Waals surface area (Å²) in [5.74, 6) is -0.137. The first-order valence-corrected chi connectivity index (χ1v) is 11.4. The summed E-state index contributed by atoms with van der Waals surface area (Å²) in [5, 5.41) is 3.04. The average molecular weight is 401 g/mol. The Morgan fingerprint density at radius 2 is 1.71 bits per heavy atom. The highest BCUT2D eigenvalue weighted by molar-refractivity contribution is 7.92. The van der Waals surface area contributed by atoms with E-state index in [2.05, 4.69) is 23.5 Å². The Labute approximate surface area is 167 Å². The first-order valence-electron chi connectivity index (χ1n) is 9.81. The van der Waals surface area contributed by atoms with Crippen LogP contribution < -0.4 is 9.62 Å². The van der Waals surface area contributed by atoms with Gasteiger partial charge in [-0.05, 0) is 80.5 Å². The monoisotopic (exact) mass is 400 g/mol. The minimum atomic E-state index is -3.31. The summed E-state index contributed by atoms with van der Waals surface area (Å²) in [6.45, 7) is 3.59. The maximum atomic E-state index is 12.6. The van der Waals surface area contributed by atoms with Gasteiger partial charge in [-0.3, -0.25) is 9.10 Å². The van der Waals surface area contributed by atoms with E-state index in [0.29, 0.717) is 11.3 Å². The minimum Gasteiger partial charge on any atom is -0.346 e. The van der Waals surface area contributed by atoms with Crippen molar-refractivity contribution in [1.29, 1.82) is 0 Å². The molecule has 0 bridgehead atoms. The van der Waals surface area contributed by atoms with E-state index in [1.807, 2.05) is 6.92 Å². The van der Waals surface area contributed by atoms with Gasteiger partial charge in [-0.15, -0.1) is 0 Å². The Bertz CT molecular complexity index is 952. The fourth-order valence-electron chi connectivity index (χ4n) is 3.56. The molecule has 0 radical (unpaired) electrons. The molecule has 1 aliphatic carbocycles. The van der Waals surface area contributed by atoms with Crippen molar-refractivity contribution in [2.45, 2.75) is 45.6 Å². The van der Waals surface area contributed by atoms with Crippen LogP contribution >= 0.6 is 0 Å². The fourth-order valence-corrected chi connectivity index (χ4v) is 4.39. The molecule has 2 aromatic rings. The molecule has 0 aromatic heterocycles. The van der Waals surface area contributed by atoms with Gasteiger partial charge in [0, 0.05) is 12.6 Å². The van der Waals surface area contributed by atoms with E-state index in [4.69, 9.17) is 0 Å². The Morgan fingerprint density at radius 1 is 1.07 bits per heavy atom. The molecule has 1 N–H and O–H groups in total. The highest BCUT2D eigenvalue weighted by Crippen LogP contribution is 2.25. The van der Waals surface area contributed by atoms with Gasteiger partial charge in [0.2, 0.25) is 10.0 Å². The van der Waals surface area contributed by atoms with Gasteiger partial charge in [-0.25, -0.2) is 8.42 Å². The molecule has 0 saturated carbocycles. The highest BCUT2D eigenvalue weighted by atomic mass is 32.2. The molecule has 0 aliphatic heterocycles. The largest absolute Gasteiger partial charge is 0.346 e. The summed E-state index contributed by atoms with van der Waals surface area (Å²) >= 11 is 0. The zero-order chi connectivity index (χ0) is 20.3. The predicted molar refractivity (Wildman–Crippen MR) is 113 cm³/mol. The van der Waals surface area contributed by atoms with Crippen molar-refractivity contribution in [2.24, 2.45) is 0 Å². The van der Waals surface area contributed by atoms with E-state index >= 15 is 0 Å². The molecule has 5 nitrogen and oxygen atoms in total. The third-order valence-electron chi connectivity index (χ3n) is 5.50. The van der Waals surface area contributed by atoms with Crippen LogP contribution in [0.4, 0.5) is 5.69 Å². The maximum absolute atomic E-state index is 12.6. The number of amides is 1. The molecule has 6 heteroatoms. The highest BCUT2D eigenvalue weighted by Gasteiger charge is 2.18. The molecule has 3 rings (SSSR count). The van der Waals surface area contributed by atoms with Crippen LogP contribution in [-0.2, 0) is 22.9 Å². The number of fused-ring (bicyclic) bond motifs is 1. The summed E-state index contributed by atoms with van der Waals surface area (Å²) in [7, 11) is -1.79. The summed E-state index contributed by atoms with van der Waals surface area (Å²) < 4.78 is 25.2. The van der Waals surface area contributed by atoms with Crippen LogP contribution in [0.5, 0.6) is 0 Å². The molecule has 0 fully saturated rings. The number of benzene rings is 2. The molecule has 0 spiro atoms. The van der Waals surface area contributed by atoms with E-state index in [0.717, 1.165) is 18.4 Å². The van der Waals surface area contributed by atoms with Gasteiger partial charge in [0.1, 0.15) is 0 Å². The van der Waals surface area contributed by atoms with Crippen LogP contribution in [0.15, 0.2) is 42.5 Å². The zero-order valence-corrected chi connectivity index (χ0v) is 17.6. The number of nitrogens with one attached hydrogen (secondary N) is 1. The summed E-state index contributed by atoms with van der Waals surface area (Å²) in [5.41, 5.74) is 4.99. The lowest BCUT2D eigenvalue weighted by atomic mass is 9.89. The Kier molecular flexibility index (Phi) is 6.08. The number of carbonyl (C=O) groups excluding carboxylic acids is 1. The first kappa shape index (κ1) is 20.4. The second-order valence-electron chi connectivity index (χ2n) is 7.35. The zero-order valence-electron chi connectivity index (χ0n) is 16.7. The molecule has 2 aromatic carbocycles. The number of rotatable bonds is 6. The Morgan fingerprint density at radius 3 is 2.36 bits per heavy atom. The van der Waals surface area contributed by atoms with Gasteiger partial charge < -0.3 is 5.32 Å². The lowest BCUT2D eigenvalue weighted by molar-refractivity contribution is 0.0940. The second kappa shape index (κ2) is 8.35. The van der Waals surface area contributed by atoms with E-state index < -0.39 is 10.0 Å². The topological polar surface area (TPSA) is 66.5 Å². The molecular weight excluding hydrogens is 372 g/mol. The summed E-state index contributed by atoms with van der Waals surface area (Å²) in [6, 6.07) is 13.0. The second-order valence-corrected chi connectivity index (χ2v) is 9.63. The van der Waals surface area contributed by atoms with Gasteiger partial charge in [0.25, 0.3) is 5.91 Å². The summed E-state index contributed by atoms with van der Waals surface area (Å²) in [4.78, 5) is 12.6. The van der Waals surface area contributed by atoms with Crippen molar-refractivity contribution in [2.75, 3.05) is 17.1 Å². The fraction of sp³-hybridized carbons (Fsp3) is 0.409. The van der Waals surface area contributed by atoms with Gasteiger partial charge in [0.15, 0.2) is 0 Å². The van der Waals surface area contributed by atoms with Crippen molar-refractivity contribution in [3.63, 3.8) is 0 Å². The van der Waals surface area contributed by atoms with Crippen molar-refractivity contribution < 1.29 is 13.2 Å². The molecule has 0 saturated heterocycles.